The van der Waals surface area contributed by atoms with Gasteiger partial charge in [-0.25, -0.2) is 4.39 Å². The minimum atomic E-state index is -0.509. The van der Waals surface area contributed by atoms with Crippen molar-refractivity contribution in [3.05, 3.63) is 69.0 Å². The summed E-state index contributed by atoms with van der Waals surface area (Å²) in [5, 5.41) is 14.8. The predicted octanol–water partition coefficient (Wildman–Crippen LogP) is 2.34. The number of anilines is 1. The molecule has 0 aromatic heterocycles. The lowest BCUT2D eigenvalue weighted by Gasteiger charge is -2.36. The van der Waals surface area contributed by atoms with Crippen LogP contribution in [0, 0.1) is 27.5 Å². The van der Waals surface area contributed by atoms with Gasteiger partial charge >= 0.3 is 0 Å². The number of nitrogens with zero attached hydrogens (tertiary/aromatic N) is 3. The molecule has 1 fully saturated rings. The van der Waals surface area contributed by atoms with Crippen LogP contribution >= 0.6 is 0 Å². The molecule has 0 spiro atoms. The van der Waals surface area contributed by atoms with E-state index in [2.05, 4.69) is 27.2 Å². The van der Waals surface area contributed by atoms with Crippen LogP contribution in [0.1, 0.15) is 5.56 Å². The first kappa shape index (κ1) is 19.5. The van der Waals surface area contributed by atoms with Crippen LogP contribution in [0.15, 0.2) is 42.5 Å². The van der Waals surface area contributed by atoms with Crippen molar-refractivity contribution in [3.8, 4) is 0 Å². The molecule has 27 heavy (non-hydrogen) atoms. The van der Waals surface area contributed by atoms with Gasteiger partial charge in [0, 0.05) is 81.3 Å². The van der Waals surface area contributed by atoms with E-state index in [1.165, 1.54) is 17.8 Å². The molecule has 0 amide bonds. The van der Waals surface area contributed by atoms with Crippen molar-refractivity contribution in [1.82, 2.24) is 10.2 Å². The van der Waals surface area contributed by atoms with E-state index in [9.17, 15) is 14.5 Å². The Labute approximate surface area is 162 Å². The molecule has 0 bridgehead atoms. The average Bonchev–Trinajstić information content (AvgIpc) is 2.67. The number of nitrogens with one attached hydrogen (secondary N) is 1. The molecule has 6 nitrogen and oxygen atoms in total. The zero-order valence-electron chi connectivity index (χ0n) is 14.9. The fourth-order valence-electron chi connectivity index (χ4n) is 3.16. The van der Waals surface area contributed by atoms with Crippen molar-refractivity contribution in [3.63, 3.8) is 0 Å². The lowest BCUT2D eigenvalue weighted by atomic mass is 10.2. The van der Waals surface area contributed by atoms with Crippen LogP contribution in [0.3, 0.4) is 0 Å². The maximum absolute atomic E-state index is 13.8. The molecule has 144 valence electrons. The van der Waals surface area contributed by atoms with E-state index in [-0.39, 0.29) is 12.2 Å². The van der Waals surface area contributed by atoms with Gasteiger partial charge in [0.2, 0.25) is 5.02 Å². The van der Waals surface area contributed by atoms with Crippen molar-refractivity contribution in [1.29, 1.82) is 0 Å². The summed E-state index contributed by atoms with van der Waals surface area (Å²) in [6.45, 7) is 5.67. The number of non-ortho nitro benzene ring substituents is 1. The quantitative estimate of drug-likeness (QED) is 0.444. The topological polar surface area (TPSA) is 61.7 Å². The highest BCUT2D eigenvalue weighted by Crippen LogP contribution is 2.18. The third kappa shape index (κ3) is 5.38. The van der Waals surface area contributed by atoms with Crippen molar-refractivity contribution < 1.29 is 20.9 Å². The van der Waals surface area contributed by atoms with Gasteiger partial charge in [-0.3, -0.25) is 15.0 Å². The third-order valence-electron chi connectivity index (χ3n) is 4.73. The molecule has 0 unspecified atom stereocenters. The third-order valence-corrected chi connectivity index (χ3v) is 5.01. The van der Waals surface area contributed by atoms with Gasteiger partial charge in [0.15, 0.2) is 11.6 Å². The number of hydrogen-bond donors (Lipinski definition) is 1. The molecule has 8 heteroatoms. The minimum Gasteiger partial charge on any atom is -0.369 e. The lowest BCUT2D eigenvalue weighted by molar-refractivity contribution is -0.385. The Morgan fingerprint density at radius 3 is 2.48 bits per heavy atom. The van der Waals surface area contributed by atoms with Gasteiger partial charge in [-0.1, -0.05) is 0 Å². The average molecular weight is 394 g/mol. The number of nitro benzene ring substituents is 1. The van der Waals surface area contributed by atoms with Crippen molar-refractivity contribution in [2.45, 2.75) is 6.54 Å². The van der Waals surface area contributed by atoms with Crippen LogP contribution in [0.5, 0.6) is 0 Å². The second-order valence-electron chi connectivity index (χ2n) is 6.53. The Morgan fingerprint density at radius 2 is 1.81 bits per heavy atom. The Hall–Kier alpha value is -2.22. The zero-order valence-corrected chi connectivity index (χ0v) is 15.8. The Kier molecular flexibility index (Phi) is 6.60. The molecule has 1 aliphatic heterocycles. The second kappa shape index (κ2) is 9.12. The van der Waals surface area contributed by atoms with Gasteiger partial charge in [-0.15, -0.1) is 0 Å². The fourth-order valence-corrected chi connectivity index (χ4v) is 3.29. The molecule has 0 atom stereocenters. The van der Waals surface area contributed by atoms with E-state index < -0.39 is 10.7 Å². The zero-order chi connectivity index (χ0) is 19.2. The van der Waals surface area contributed by atoms with E-state index in [4.69, 9.17) is 11.6 Å². The summed E-state index contributed by atoms with van der Waals surface area (Å²) in [5.41, 5.74) is 1.43. The summed E-state index contributed by atoms with van der Waals surface area (Å²) in [7, 11) is 0. The van der Waals surface area contributed by atoms with Gasteiger partial charge in [-0.05, 0) is 18.2 Å². The number of piperazine rings is 1. The molecule has 1 heterocycles. The lowest BCUT2D eigenvalue weighted by Crippen LogP contribution is -2.48. The van der Waals surface area contributed by atoms with E-state index in [1.807, 2.05) is 12.1 Å². The van der Waals surface area contributed by atoms with Crippen LogP contribution in [0.4, 0.5) is 15.8 Å². The van der Waals surface area contributed by atoms with Crippen molar-refractivity contribution in [2.24, 2.45) is 0 Å². The van der Waals surface area contributed by atoms with Crippen molar-refractivity contribution >= 4 is 11.4 Å². The normalized spacial score (nSPS) is 15.1. The SMILES string of the molecule is O=[N+]([O-])c1ccc(F)c(CNCCN2CCN(c3ccc([ClH+])cc3)CC2)c1. The molecule has 3 rings (SSSR count). The molecular formula is C19H23ClFN4O2+. The molecule has 1 aliphatic rings. The van der Waals surface area contributed by atoms with Gasteiger partial charge < -0.3 is 10.2 Å². The summed E-state index contributed by atoms with van der Waals surface area (Å²) in [6, 6.07) is 11.6. The first-order valence-electron chi connectivity index (χ1n) is 8.91. The minimum absolute atomic E-state index is 0.0894. The number of rotatable bonds is 7. The molecule has 0 radical (unpaired) electrons. The van der Waals surface area contributed by atoms with Gasteiger partial charge in [0.1, 0.15) is 5.82 Å². The van der Waals surface area contributed by atoms with Crippen LogP contribution in [-0.4, -0.2) is 49.1 Å². The highest BCUT2D eigenvalue weighted by atomic mass is 35.5. The number of nitro groups is 1. The Balaban J connectivity index is 1.40. The number of hydrogen-bond acceptors (Lipinski definition) is 5. The van der Waals surface area contributed by atoms with Crippen molar-refractivity contribution in [2.75, 3.05) is 44.2 Å². The predicted molar refractivity (Wildman–Crippen MR) is 100 cm³/mol. The van der Waals surface area contributed by atoms with E-state index in [1.54, 1.807) is 0 Å². The molecular weight excluding hydrogens is 371 g/mol. The molecule has 2 aromatic carbocycles. The van der Waals surface area contributed by atoms with Crippen LogP contribution < -0.4 is 10.2 Å². The standard InChI is InChI=1S/C19H23ClFN4O2/c20-16-1-3-17(4-2-16)24-11-9-23(10-12-24)8-7-22-14-15-13-18(25(26)27)5-6-19(15)21/h1-6,13,20,22H,7-12,14H2/q+1. The molecule has 1 saturated heterocycles. The molecule has 0 saturated carbocycles. The summed E-state index contributed by atoms with van der Waals surface area (Å²) in [6.07, 6.45) is 0. The summed E-state index contributed by atoms with van der Waals surface area (Å²) in [4.78, 5) is 15.0. The summed E-state index contributed by atoms with van der Waals surface area (Å²) in [5.74, 6) is -0.424. The van der Waals surface area contributed by atoms with Crippen LogP contribution in [0.25, 0.3) is 0 Å². The number of benzene rings is 2. The summed E-state index contributed by atoms with van der Waals surface area (Å²) >= 11 is 5.12. The van der Waals surface area contributed by atoms with Crippen LogP contribution in [-0.2, 0) is 6.54 Å². The second-order valence-corrected chi connectivity index (χ2v) is 7.00. The van der Waals surface area contributed by atoms with Gasteiger partial charge in [0.05, 0.1) is 4.92 Å². The van der Waals surface area contributed by atoms with E-state index >= 15 is 0 Å². The maximum Gasteiger partial charge on any atom is 0.269 e. The molecule has 2 aromatic rings. The monoisotopic (exact) mass is 393 g/mol. The molecule has 0 aliphatic carbocycles. The Bertz CT molecular complexity index is 780. The van der Waals surface area contributed by atoms with Gasteiger partial charge in [-0.2, -0.15) is 0 Å². The summed E-state index contributed by atoms with van der Waals surface area (Å²) < 4.78 is 13.8. The highest BCUT2D eigenvalue weighted by Gasteiger charge is 2.17. The van der Waals surface area contributed by atoms with Gasteiger partial charge in [0.25, 0.3) is 5.69 Å². The Morgan fingerprint density at radius 1 is 1.11 bits per heavy atom. The van der Waals surface area contributed by atoms with E-state index in [0.717, 1.165) is 43.8 Å². The maximum atomic E-state index is 13.8. The first-order chi connectivity index (χ1) is 13.0. The van der Waals surface area contributed by atoms with Crippen LogP contribution in [0.2, 0.25) is 5.02 Å². The largest absolute Gasteiger partial charge is 0.369 e. The number of halogens is 2. The fraction of sp³-hybridized carbons (Fsp3) is 0.368. The van der Waals surface area contributed by atoms with E-state index in [0.29, 0.717) is 12.1 Å². The molecule has 1 N–H and O–H groups in total. The smallest absolute Gasteiger partial charge is 0.269 e. The highest BCUT2D eigenvalue weighted by molar-refractivity contribution is 5.47. The first-order valence-corrected chi connectivity index (χ1v) is 9.31.